The number of nitrogens with zero attached hydrogens (tertiary/aromatic N) is 1. The first kappa shape index (κ1) is 16.3. The van der Waals surface area contributed by atoms with Gasteiger partial charge in [-0.15, -0.1) is 0 Å². The van der Waals surface area contributed by atoms with E-state index in [0.29, 0.717) is 0 Å². The Balaban J connectivity index is 3.37. The molecule has 0 unspecified atom stereocenters. The molecule has 0 saturated carbocycles. The number of ether oxygens (including phenoxy) is 1. The summed E-state index contributed by atoms with van der Waals surface area (Å²) in [4.78, 5) is 4.50. The zero-order valence-electron chi connectivity index (χ0n) is 12.7. The fraction of sp³-hybridized carbons (Fsp3) is 0.353. The highest BCUT2D eigenvalue weighted by Gasteiger charge is 2.12. The number of aliphatic hydroxyl groups is 1. The lowest BCUT2D eigenvalue weighted by Crippen LogP contribution is -2.17. The van der Waals surface area contributed by atoms with E-state index in [9.17, 15) is 5.11 Å². The van der Waals surface area contributed by atoms with Gasteiger partial charge >= 0.3 is 0 Å². The summed E-state index contributed by atoms with van der Waals surface area (Å²) in [5.74, 6) is 0. The predicted molar refractivity (Wildman–Crippen MR) is 84.3 cm³/mol. The van der Waals surface area contributed by atoms with Crippen LogP contribution in [0.15, 0.2) is 47.5 Å². The van der Waals surface area contributed by atoms with Crippen LogP contribution in [0.25, 0.3) is 0 Å². The molecule has 1 N–H and O–H groups in total. The third-order valence-electron chi connectivity index (χ3n) is 3.02. The number of aryl methyl sites for hydroxylation is 2. The maximum Gasteiger partial charge on any atom is 0.171 e. The first-order chi connectivity index (χ1) is 9.53. The van der Waals surface area contributed by atoms with Crippen molar-refractivity contribution in [1.29, 1.82) is 0 Å². The van der Waals surface area contributed by atoms with Crippen molar-refractivity contribution in [1.82, 2.24) is 0 Å². The van der Waals surface area contributed by atoms with Gasteiger partial charge in [0, 0.05) is 12.7 Å². The Bertz CT molecular complexity index is 526. The summed E-state index contributed by atoms with van der Waals surface area (Å²) >= 11 is 0. The van der Waals surface area contributed by atoms with Gasteiger partial charge in [-0.05, 0) is 38.0 Å². The summed E-state index contributed by atoms with van der Waals surface area (Å²) in [5.41, 5.74) is 4.85. The number of benzene rings is 1. The van der Waals surface area contributed by atoms with Crippen LogP contribution in [0.3, 0.4) is 0 Å². The van der Waals surface area contributed by atoms with Gasteiger partial charge in [-0.1, -0.05) is 36.4 Å². The summed E-state index contributed by atoms with van der Waals surface area (Å²) in [5, 5.41) is 9.28. The van der Waals surface area contributed by atoms with E-state index in [4.69, 9.17) is 4.74 Å². The van der Waals surface area contributed by atoms with Crippen LogP contribution in [0, 0.1) is 13.8 Å². The molecular formula is C17H23NO2. The van der Waals surface area contributed by atoms with Crippen LogP contribution < -0.4 is 0 Å². The molecule has 108 valence electrons. The molecule has 3 heteroatoms. The Morgan fingerprint density at radius 3 is 2.70 bits per heavy atom. The van der Waals surface area contributed by atoms with Crippen molar-refractivity contribution in [3.63, 3.8) is 0 Å². The van der Waals surface area contributed by atoms with Crippen molar-refractivity contribution in [2.24, 2.45) is 4.99 Å². The minimum Gasteiger partial charge on any atom is -0.392 e. The van der Waals surface area contributed by atoms with Crippen LogP contribution >= 0.6 is 0 Å². The molecule has 0 bridgehead atoms. The lowest BCUT2D eigenvalue weighted by Gasteiger charge is -2.15. The predicted octanol–water partition coefficient (Wildman–Crippen LogP) is 3.19. The van der Waals surface area contributed by atoms with Gasteiger partial charge in [0.05, 0.1) is 12.3 Å². The number of aliphatic imine (C=N–C) groups is 1. The molecule has 3 nitrogen and oxygen atoms in total. The van der Waals surface area contributed by atoms with Crippen molar-refractivity contribution in [3.8, 4) is 0 Å². The van der Waals surface area contributed by atoms with Crippen molar-refractivity contribution in [2.45, 2.75) is 27.0 Å². The summed E-state index contributed by atoms with van der Waals surface area (Å²) in [6.45, 7) is 9.91. The van der Waals surface area contributed by atoms with Crippen LogP contribution in [-0.2, 0) is 4.74 Å². The zero-order chi connectivity index (χ0) is 15.1. The summed E-state index contributed by atoms with van der Waals surface area (Å²) in [6, 6.07) is 6.20. The van der Waals surface area contributed by atoms with E-state index in [-0.39, 0.29) is 6.61 Å². The Labute approximate surface area is 121 Å². The maximum absolute atomic E-state index is 9.28. The van der Waals surface area contributed by atoms with Gasteiger partial charge < -0.3 is 9.84 Å². The average molecular weight is 273 g/mol. The molecule has 1 aromatic rings. The molecule has 0 spiro atoms. The molecule has 0 heterocycles. The molecule has 20 heavy (non-hydrogen) atoms. The first-order valence-corrected chi connectivity index (χ1v) is 6.64. The third kappa shape index (κ3) is 4.15. The second kappa shape index (κ2) is 7.78. The molecule has 0 fully saturated rings. The minimum atomic E-state index is -0.577. The molecule has 1 atom stereocenters. The van der Waals surface area contributed by atoms with E-state index in [0.717, 1.165) is 28.0 Å². The SMILES string of the molecule is C=C(/C=C\C)/C(=N/[C@@H](CO)OC)c1cc(C)ccc1C. The summed E-state index contributed by atoms with van der Waals surface area (Å²) < 4.78 is 5.15. The van der Waals surface area contributed by atoms with Gasteiger partial charge in [-0.2, -0.15) is 0 Å². The maximum atomic E-state index is 9.28. The first-order valence-electron chi connectivity index (χ1n) is 6.64. The largest absolute Gasteiger partial charge is 0.392 e. The Kier molecular flexibility index (Phi) is 6.36. The number of hydrogen-bond acceptors (Lipinski definition) is 3. The van der Waals surface area contributed by atoms with Crippen LogP contribution in [0.1, 0.15) is 23.6 Å². The Morgan fingerprint density at radius 1 is 1.45 bits per heavy atom. The van der Waals surface area contributed by atoms with E-state index in [1.807, 2.05) is 32.9 Å². The highest BCUT2D eigenvalue weighted by Crippen LogP contribution is 2.17. The highest BCUT2D eigenvalue weighted by molar-refractivity contribution is 6.14. The van der Waals surface area contributed by atoms with Gasteiger partial charge in [0.1, 0.15) is 0 Å². The topological polar surface area (TPSA) is 41.8 Å². The van der Waals surface area contributed by atoms with Crippen molar-refractivity contribution in [2.75, 3.05) is 13.7 Å². The van der Waals surface area contributed by atoms with Gasteiger partial charge in [0.25, 0.3) is 0 Å². The molecule has 0 saturated heterocycles. The second-order valence-electron chi connectivity index (χ2n) is 4.69. The Hall–Kier alpha value is -1.71. The van der Waals surface area contributed by atoms with Gasteiger partial charge in [0.15, 0.2) is 6.23 Å². The van der Waals surface area contributed by atoms with E-state index in [1.165, 1.54) is 7.11 Å². The number of aliphatic hydroxyl groups excluding tert-OH is 1. The molecule has 0 amide bonds. The molecule has 1 rings (SSSR count). The Morgan fingerprint density at radius 2 is 2.15 bits per heavy atom. The normalized spacial score (nSPS) is 13.8. The number of rotatable bonds is 6. The van der Waals surface area contributed by atoms with Crippen LogP contribution in [0.4, 0.5) is 0 Å². The number of hydrogen-bond donors (Lipinski definition) is 1. The molecule has 0 aromatic heterocycles. The van der Waals surface area contributed by atoms with Gasteiger partial charge in [-0.25, -0.2) is 0 Å². The molecule has 0 aliphatic rings. The molecule has 1 aromatic carbocycles. The molecule has 0 aliphatic heterocycles. The summed E-state index contributed by atoms with van der Waals surface area (Å²) in [7, 11) is 1.53. The van der Waals surface area contributed by atoms with Crippen LogP contribution in [0.5, 0.6) is 0 Å². The van der Waals surface area contributed by atoms with E-state index in [2.05, 4.69) is 29.8 Å². The van der Waals surface area contributed by atoms with Crippen molar-refractivity contribution < 1.29 is 9.84 Å². The lowest BCUT2D eigenvalue weighted by molar-refractivity contribution is 0.0557. The van der Waals surface area contributed by atoms with E-state index in [1.54, 1.807) is 0 Å². The third-order valence-corrected chi connectivity index (χ3v) is 3.02. The molecule has 0 radical (unpaired) electrons. The molecular weight excluding hydrogens is 250 g/mol. The summed E-state index contributed by atoms with van der Waals surface area (Å²) in [6.07, 6.45) is 3.25. The fourth-order valence-corrected chi connectivity index (χ4v) is 1.91. The minimum absolute atomic E-state index is 0.159. The quantitative estimate of drug-likeness (QED) is 0.639. The second-order valence-corrected chi connectivity index (χ2v) is 4.69. The van der Waals surface area contributed by atoms with Gasteiger partial charge in [0.2, 0.25) is 0 Å². The van der Waals surface area contributed by atoms with E-state index < -0.39 is 6.23 Å². The van der Waals surface area contributed by atoms with Gasteiger partial charge in [-0.3, -0.25) is 4.99 Å². The number of methoxy groups -OCH3 is 1. The average Bonchev–Trinajstić information content (AvgIpc) is 2.43. The number of allylic oxidation sites excluding steroid dienone is 3. The highest BCUT2D eigenvalue weighted by atomic mass is 16.5. The van der Waals surface area contributed by atoms with Crippen molar-refractivity contribution in [3.05, 3.63) is 59.2 Å². The molecule has 0 aliphatic carbocycles. The standard InChI is InChI=1S/C17H23NO2/c1-6-7-14(4)17(18-16(11-19)20-5)15-10-12(2)8-9-13(15)3/h6-10,16,19H,4,11H2,1-3,5H3/b7-6-,18-17-/t16-/m1/s1. The monoisotopic (exact) mass is 273 g/mol. The zero-order valence-corrected chi connectivity index (χ0v) is 12.7. The van der Waals surface area contributed by atoms with Crippen LogP contribution in [0.2, 0.25) is 0 Å². The van der Waals surface area contributed by atoms with Crippen molar-refractivity contribution >= 4 is 5.71 Å². The fourth-order valence-electron chi connectivity index (χ4n) is 1.91. The van der Waals surface area contributed by atoms with E-state index >= 15 is 0 Å². The van der Waals surface area contributed by atoms with Crippen LogP contribution in [-0.4, -0.2) is 30.8 Å². The lowest BCUT2D eigenvalue weighted by atomic mass is 9.96. The smallest absolute Gasteiger partial charge is 0.171 e.